The summed E-state index contributed by atoms with van der Waals surface area (Å²) < 4.78 is 5.35. The molecule has 2 saturated carbocycles. The molecular weight excluding hydrogens is 124 g/mol. The van der Waals surface area contributed by atoms with E-state index in [1.165, 1.54) is 25.7 Å². The van der Waals surface area contributed by atoms with E-state index in [9.17, 15) is 0 Å². The van der Waals surface area contributed by atoms with Gasteiger partial charge in [-0.15, -0.1) is 0 Å². The standard InChI is InChI=1S/C9H14O/c1-2-7-3-6(1)4-8(7)9-5-10-9/h6-9H,1-5H2/t6-,7-,8-,9+/m0/s1. The maximum atomic E-state index is 5.35. The molecule has 0 spiro atoms. The molecule has 0 N–H and O–H groups in total. The molecule has 3 rings (SSSR count). The lowest BCUT2D eigenvalue weighted by Crippen LogP contribution is -2.15. The molecule has 0 aromatic rings. The zero-order valence-electron chi connectivity index (χ0n) is 6.25. The monoisotopic (exact) mass is 138 g/mol. The van der Waals surface area contributed by atoms with Gasteiger partial charge in [0.1, 0.15) is 0 Å². The van der Waals surface area contributed by atoms with E-state index in [-0.39, 0.29) is 0 Å². The minimum absolute atomic E-state index is 0.704. The Morgan fingerprint density at radius 3 is 2.50 bits per heavy atom. The average Bonchev–Trinajstić information content (AvgIpc) is 2.60. The molecule has 1 saturated heterocycles. The topological polar surface area (TPSA) is 12.5 Å². The molecule has 2 aliphatic carbocycles. The third-order valence-electron chi connectivity index (χ3n) is 3.63. The van der Waals surface area contributed by atoms with Gasteiger partial charge in [0.05, 0.1) is 12.7 Å². The van der Waals surface area contributed by atoms with E-state index in [4.69, 9.17) is 4.74 Å². The summed E-state index contributed by atoms with van der Waals surface area (Å²) in [7, 11) is 0. The van der Waals surface area contributed by atoms with Crippen molar-refractivity contribution in [3.63, 3.8) is 0 Å². The predicted octanol–water partition coefficient (Wildman–Crippen LogP) is 1.82. The molecular formula is C9H14O. The molecule has 3 aliphatic rings. The molecule has 0 radical (unpaired) electrons. The largest absolute Gasteiger partial charge is 0.373 e. The van der Waals surface area contributed by atoms with Crippen LogP contribution in [0.4, 0.5) is 0 Å². The minimum atomic E-state index is 0.704. The smallest absolute Gasteiger partial charge is 0.0840 e. The highest BCUT2D eigenvalue weighted by molar-refractivity contribution is 4.96. The third kappa shape index (κ3) is 0.672. The Morgan fingerprint density at radius 2 is 2.00 bits per heavy atom. The van der Waals surface area contributed by atoms with Crippen molar-refractivity contribution in [3.8, 4) is 0 Å². The summed E-state index contributed by atoms with van der Waals surface area (Å²) in [6.07, 6.45) is 6.76. The van der Waals surface area contributed by atoms with E-state index < -0.39 is 0 Å². The van der Waals surface area contributed by atoms with Crippen molar-refractivity contribution >= 4 is 0 Å². The second-order valence-corrected chi connectivity index (χ2v) is 4.21. The Balaban J connectivity index is 1.77. The van der Waals surface area contributed by atoms with Crippen LogP contribution in [0, 0.1) is 17.8 Å². The number of epoxide rings is 1. The highest BCUT2D eigenvalue weighted by atomic mass is 16.6. The zero-order valence-corrected chi connectivity index (χ0v) is 6.25. The summed E-state index contributed by atoms with van der Waals surface area (Å²) in [4.78, 5) is 0. The zero-order chi connectivity index (χ0) is 6.55. The highest BCUT2D eigenvalue weighted by Gasteiger charge is 2.47. The Kier molecular flexibility index (Phi) is 0.984. The van der Waals surface area contributed by atoms with Crippen LogP contribution in [0.3, 0.4) is 0 Å². The molecule has 0 aromatic heterocycles. The van der Waals surface area contributed by atoms with Crippen LogP contribution in [-0.4, -0.2) is 12.7 Å². The van der Waals surface area contributed by atoms with Crippen LogP contribution in [-0.2, 0) is 4.74 Å². The molecule has 2 bridgehead atoms. The van der Waals surface area contributed by atoms with Crippen molar-refractivity contribution in [1.29, 1.82) is 0 Å². The molecule has 0 unspecified atom stereocenters. The van der Waals surface area contributed by atoms with Crippen LogP contribution in [0.1, 0.15) is 25.7 Å². The summed E-state index contributed by atoms with van der Waals surface area (Å²) in [5.74, 6) is 3.15. The molecule has 0 aromatic carbocycles. The van der Waals surface area contributed by atoms with E-state index in [1.54, 1.807) is 0 Å². The van der Waals surface area contributed by atoms with Crippen molar-refractivity contribution in [3.05, 3.63) is 0 Å². The first kappa shape index (κ1) is 5.59. The SMILES string of the molecule is C1C[C@H]2C[C@H]1C[C@@H]2[C@H]1CO1. The predicted molar refractivity (Wildman–Crippen MR) is 38.7 cm³/mol. The first-order valence-corrected chi connectivity index (χ1v) is 4.55. The van der Waals surface area contributed by atoms with Crippen LogP contribution in [0.15, 0.2) is 0 Å². The number of fused-ring (bicyclic) bond motifs is 2. The molecule has 1 heteroatoms. The summed E-state index contributed by atoms with van der Waals surface area (Å²) in [5, 5.41) is 0. The minimum Gasteiger partial charge on any atom is -0.373 e. The van der Waals surface area contributed by atoms with Gasteiger partial charge in [-0.3, -0.25) is 0 Å². The lowest BCUT2D eigenvalue weighted by atomic mass is 9.87. The Labute approximate surface area is 61.8 Å². The summed E-state index contributed by atoms with van der Waals surface area (Å²) >= 11 is 0. The van der Waals surface area contributed by atoms with Crippen LogP contribution in [0.5, 0.6) is 0 Å². The third-order valence-corrected chi connectivity index (χ3v) is 3.63. The molecule has 0 amide bonds. The van der Waals surface area contributed by atoms with Crippen LogP contribution >= 0.6 is 0 Å². The van der Waals surface area contributed by atoms with E-state index >= 15 is 0 Å². The molecule has 56 valence electrons. The Hall–Kier alpha value is -0.0400. The van der Waals surface area contributed by atoms with Crippen molar-refractivity contribution < 1.29 is 4.74 Å². The number of rotatable bonds is 1. The van der Waals surface area contributed by atoms with Gasteiger partial charge in [-0.1, -0.05) is 6.42 Å². The summed E-state index contributed by atoms with van der Waals surface area (Å²) in [6.45, 7) is 1.08. The van der Waals surface area contributed by atoms with Gasteiger partial charge in [0.25, 0.3) is 0 Å². The molecule has 1 nitrogen and oxygen atoms in total. The van der Waals surface area contributed by atoms with E-state index in [0.717, 1.165) is 24.4 Å². The van der Waals surface area contributed by atoms with Gasteiger partial charge in [-0.05, 0) is 37.0 Å². The molecule has 1 aliphatic heterocycles. The lowest BCUT2D eigenvalue weighted by molar-refractivity contribution is 0.249. The van der Waals surface area contributed by atoms with E-state index in [0.29, 0.717) is 6.10 Å². The van der Waals surface area contributed by atoms with E-state index in [1.807, 2.05) is 0 Å². The first-order valence-electron chi connectivity index (χ1n) is 4.55. The molecule has 10 heavy (non-hydrogen) atoms. The van der Waals surface area contributed by atoms with E-state index in [2.05, 4.69) is 0 Å². The highest BCUT2D eigenvalue weighted by Crippen LogP contribution is 2.51. The number of hydrogen-bond donors (Lipinski definition) is 0. The fourth-order valence-corrected chi connectivity index (χ4v) is 3.05. The van der Waals surface area contributed by atoms with Gasteiger partial charge in [-0.25, -0.2) is 0 Å². The van der Waals surface area contributed by atoms with Crippen LogP contribution in [0.2, 0.25) is 0 Å². The molecule has 3 fully saturated rings. The van der Waals surface area contributed by atoms with Crippen molar-refractivity contribution in [2.24, 2.45) is 17.8 Å². The van der Waals surface area contributed by atoms with Gasteiger partial charge < -0.3 is 4.74 Å². The second-order valence-electron chi connectivity index (χ2n) is 4.21. The van der Waals surface area contributed by atoms with Crippen LogP contribution in [0.25, 0.3) is 0 Å². The fraction of sp³-hybridized carbons (Fsp3) is 1.00. The second kappa shape index (κ2) is 1.76. The lowest BCUT2D eigenvalue weighted by Gasteiger charge is -2.18. The van der Waals surface area contributed by atoms with Gasteiger partial charge in [-0.2, -0.15) is 0 Å². The van der Waals surface area contributed by atoms with Gasteiger partial charge in [0.2, 0.25) is 0 Å². The molecule has 4 atom stereocenters. The van der Waals surface area contributed by atoms with Crippen LogP contribution < -0.4 is 0 Å². The summed E-state index contributed by atoms with van der Waals surface area (Å²) in [5.41, 5.74) is 0. The molecule has 1 heterocycles. The van der Waals surface area contributed by atoms with Gasteiger partial charge in [0, 0.05) is 0 Å². The quantitative estimate of drug-likeness (QED) is 0.503. The average molecular weight is 138 g/mol. The Bertz CT molecular complexity index is 151. The Morgan fingerprint density at radius 1 is 1.10 bits per heavy atom. The van der Waals surface area contributed by atoms with Crippen molar-refractivity contribution in [2.75, 3.05) is 6.61 Å². The van der Waals surface area contributed by atoms with Gasteiger partial charge >= 0.3 is 0 Å². The number of hydrogen-bond acceptors (Lipinski definition) is 1. The normalized spacial score (nSPS) is 57.6. The first-order chi connectivity index (χ1) is 4.93. The maximum Gasteiger partial charge on any atom is 0.0840 e. The maximum absolute atomic E-state index is 5.35. The van der Waals surface area contributed by atoms with Crippen molar-refractivity contribution in [2.45, 2.75) is 31.8 Å². The number of ether oxygens (including phenoxy) is 1. The van der Waals surface area contributed by atoms with Crippen molar-refractivity contribution in [1.82, 2.24) is 0 Å². The van der Waals surface area contributed by atoms with Gasteiger partial charge in [0.15, 0.2) is 0 Å². The summed E-state index contributed by atoms with van der Waals surface area (Å²) in [6, 6.07) is 0. The fourth-order valence-electron chi connectivity index (χ4n) is 3.05.